The van der Waals surface area contributed by atoms with Gasteiger partial charge in [0.05, 0.1) is 0 Å². The van der Waals surface area contributed by atoms with Crippen LogP contribution in [0.15, 0.2) is 218 Å². The van der Waals surface area contributed by atoms with E-state index in [9.17, 15) is 2.74 Å². The van der Waals surface area contributed by atoms with E-state index in [4.69, 9.17) is 9.72 Å². The predicted molar refractivity (Wildman–Crippen MR) is 271 cm³/mol. The maximum absolute atomic E-state index is 9.64. The predicted octanol–water partition coefficient (Wildman–Crippen LogP) is 13.9. The first-order valence-corrected chi connectivity index (χ1v) is 23.7. The Morgan fingerprint density at radius 2 is 1.09 bits per heavy atom. The third kappa shape index (κ3) is 5.89. The summed E-state index contributed by atoms with van der Waals surface area (Å²) in [5.74, 6) is 0.968. The molecular formula is C60H36BN5OPt-2. The van der Waals surface area contributed by atoms with Gasteiger partial charge in [0.15, 0.2) is 0 Å². The van der Waals surface area contributed by atoms with E-state index in [-0.39, 0.29) is 24.9 Å². The number of hydrogen-bond donors (Lipinski definition) is 0. The quantitative estimate of drug-likeness (QED) is 0.118. The molecule has 0 bridgehead atoms. The van der Waals surface area contributed by atoms with Crippen LogP contribution in [0.2, 0.25) is 0 Å². The summed E-state index contributed by atoms with van der Waals surface area (Å²) in [6.45, 7) is -0.259. The topological polar surface area (TPSA) is 38.5 Å². The largest absolute Gasteiger partial charge is 0.0615 e. The number of imidazole rings is 1. The molecule has 11 aromatic rings. The zero-order valence-electron chi connectivity index (χ0n) is 38.2. The van der Waals surface area contributed by atoms with E-state index >= 15 is 0 Å². The summed E-state index contributed by atoms with van der Waals surface area (Å²) in [6, 6.07) is 78.5. The second kappa shape index (κ2) is 15.4. The molecule has 2 aromatic heterocycles. The molecule has 322 valence electrons. The third-order valence-electron chi connectivity index (χ3n) is 13.4. The number of anilines is 4. The normalized spacial score (nSPS) is 13.1. The van der Waals surface area contributed by atoms with Crippen LogP contribution < -0.4 is 19.8 Å². The Morgan fingerprint density at radius 3 is 1.87 bits per heavy atom. The molecule has 14 rings (SSSR count). The number of benzene rings is 9. The number of rotatable bonds is 7. The molecule has 0 amide bonds. The molecule has 0 fully saturated rings. The minimum Gasteiger partial charge on any atom is -0.0615 e. The van der Waals surface area contributed by atoms with Crippen LogP contribution in [0.1, 0.15) is 2.74 Å². The Hall–Kier alpha value is -8.25. The molecule has 0 aliphatic carbocycles. The molecular weight excluding hydrogens is 1010 g/mol. The van der Waals surface area contributed by atoms with Gasteiger partial charge in [0.25, 0.3) is 0 Å². The van der Waals surface area contributed by atoms with Crippen molar-refractivity contribution in [3.05, 3.63) is 234 Å². The number of aromatic nitrogens is 3. The van der Waals surface area contributed by atoms with Crippen LogP contribution >= 0.6 is 0 Å². The number of hydrogen-bond acceptors (Lipinski definition) is 4. The van der Waals surface area contributed by atoms with E-state index in [0.29, 0.717) is 17.1 Å². The number of ether oxygens (including phenoxy) is 1. The third-order valence-corrected chi connectivity index (χ3v) is 14.4. The van der Waals surface area contributed by atoms with E-state index in [1.807, 2.05) is 42.5 Å². The molecule has 0 spiro atoms. The Bertz CT molecular complexity index is 4010. The maximum atomic E-state index is 9.64. The van der Waals surface area contributed by atoms with Crippen molar-refractivity contribution in [1.29, 1.82) is 0 Å². The van der Waals surface area contributed by atoms with Crippen LogP contribution in [0.4, 0.5) is 22.9 Å². The van der Waals surface area contributed by atoms with Gasteiger partial charge in [-0.15, -0.1) is 6.07 Å². The van der Waals surface area contributed by atoms with E-state index in [1.165, 1.54) is 5.56 Å². The van der Waals surface area contributed by atoms with Gasteiger partial charge in [-0.3, -0.25) is 0 Å². The summed E-state index contributed by atoms with van der Waals surface area (Å²) in [4.78, 5) is 9.71. The Morgan fingerprint density at radius 1 is 0.500 bits per heavy atom. The Balaban J connectivity index is 0.904. The summed E-state index contributed by atoms with van der Waals surface area (Å²) < 4.78 is 31.2. The van der Waals surface area contributed by atoms with Crippen LogP contribution in [-0.2, 0) is 19.4 Å². The fourth-order valence-corrected chi connectivity index (χ4v) is 11.6. The molecule has 68 heavy (non-hydrogen) atoms. The van der Waals surface area contributed by atoms with Crippen LogP contribution in [-0.4, -0.2) is 21.1 Å². The number of pyridine rings is 1. The first kappa shape index (κ1) is 36.9. The van der Waals surface area contributed by atoms with E-state index in [1.54, 1.807) is 0 Å². The van der Waals surface area contributed by atoms with E-state index in [0.717, 1.165) is 93.2 Å². The monoisotopic (exact) mass is 1050 g/mol. The van der Waals surface area contributed by atoms with Crippen LogP contribution in [0.25, 0.3) is 78.0 Å². The van der Waals surface area contributed by atoms with Crippen molar-refractivity contribution in [3.63, 3.8) is 0 Å². The molecule has 9 aromatic carbocycles. The van der Waals surface area contributed by atoms with E-state index < -0.39 is 0 Å². The molecule has 0 saturated carbocycles. The van der Waals surface area contributed by atoms with Crippen LogP contribution in [0.5, 0.6) is 11.6 Å². The van der Waals surface area contributed by atoms with Crippen molar-refractivity contribution in [1.82, 2.24) is 14.1 Å². The van der Waals surface area contributed by atoms with Crippen LogP contribution in [0, 0.1) is 15.9 Å². The molecule has 0 saturated heterocycles. The van der Waals surface area contributed by atoms with Gasteiger partial charge < -0.3 is 0 Å². The van der Waals surface area contributed by atoms with Crippen molar-refractivity contribution in [2.45, 2.75) is 0 Å². The standard InChI is InChI=1S/C60H36BN5O.Pt/c1-3-16-40(17-4-1)41-32-34-43(35-33-41)47-24-14-23-46(42-18-5-2-6-19-42)59(47)64-39-63(53-28-9-10-29-54(53)64)44-20-13-21-45(38-44)67-57-37-36-51-50-26-15-25-49-48-22-7-8-27-52(48)65-55-30-11-12-31-56(55)66(60(51)62-57)61(65)58(49)50;/h1-30,32-37H;/q-2;/i36D,37D;. The molecule has 8 heteroatoms. The number of para-hydroxylation sites is 5. The molecule has 5 heterocycles. The second-order valence-corrected chi connectivity index (χ2v) is 18.1. The van der Waals surface area contributed by atoms with Crippen molar-refractivity contribution in [2.24, 2.45) is 0 Å². The SMILES string of the molecule is [2H]c1c(Oc2[c-]c(-n3[c](=[Pt])n(-c4c(-c5ccccc5)cccc4-c4ccc(-c5ccccc5)cc4)c4ccccc43)ccc2)nc2c(c1[2H])-c1cccc3c1B1N(c4ccc[c-]c4N12)c1ccccc1-3. The summed E-state index contributed by atoms with van der Waals surface area (Å²) in [6.07, 6.45) is 0. The van der Waals surface area contributed by atoms with Gasteiger partial charge in [-0.1, -0.05) is 30.3 Å². The zero-order valence-corrected chi connectivity index (χ0v) is 38.4. The first-order chi connectivity index (χ1) is 34.5. The van der Waals surface area contributed by atoms with Gasteiger partial charge in [0, 0.05) is 11.3 Å². The van der Waals surface area contributed by atoms with Crippen LogP contribution in [0.3, 0.4) is 0 Å². The zero-order chi connectivity index (χ0) is 46.6. The molecule has 0 unspecified atom stereocenters. The average molecular weight is 1050 g/mol. The van der Waals surface area contributed by atoms with Gasteiger partial charge in [0.2, 0.25) is 0 Å². The van der Waals surface area contributed by atoms with Crippen molar-refractivity contribution in [2.75, 3.05) is 9.62 Å². The first-order valence-electron chi connectivity index (χ1n) is 23.6. The second-order valence-electron chi connectivity index (χ2n) is 17.1. The minimum atomic E-state index is -0.259. The summed E-state index contributed by atoms with van der Waals surface area (Å²) >= 11 is 2.44. The Labute approximate surface area is 407 Å². The van der Waals surface area contributed by atoms with Gasteiger partial charge in [-0.05, 0) is 11.6 Å². The van der Waals surface area contributed by atoms with Crippen molar-refractivity contribution >= 4 is 46.4 Å². The average Bonchev–Trinajstić information content (AvgIpc) is 3.92. The molecule has 3 aliphatic heterocycles. The van der Waals surface area contributed by atoms with Gasteiger partial charge in [-0.2, -0.15) is 12.1 Å². The minimum absolute atomic E-state index is 0.0332. The smallest absolute Gasteiger partial charge is 0.0275 e. The van der Waals surface area contributed by atoms with Gasteiger partial charge in [-0.25, -0.2) is 0 Å². The van der Waals surface area contributed by atoms with Crippen molar-refractivity contribution in [3.8, 4) is 78.6 Å². The molecule has 0 atom stereocenters. The summed E-state index contributed by atoms with van der Waals surface area (Å²) in [5, 5.41) is 0. The molecule has 0 N–H and O–H groups in total. The Kier molecular flexibility index (Phi) is 8.37. The number of nitrogens with zero attached hydrogens (tertiary/aromatic N) is 5. The summed E-state index contributed by atoms with van der Waals surface area (Å²) in [5.41, 5.74) is 18.4. The maximum Gasteiger partial charge on any atom is 0.0275 e. The van der Waals surface area contributed by atoms with E-state index in [2.05, 4.69) is 214 Å². The van der Waals surface area contributed by atoms with Gasteiger partial charge >= 0.3 is 338 Å². The number of fused-ring (bicyclic) bond motifs is 10. The molecule has 0 radical (unpaired) electrons. The fourth-order valence-electron chi connectivity index (χ4n) is 10.5. The fraction of sp³-hybridized carbons (Fsp3) is 0. The summed E-state index contributed by atoms with van der Waals surface area (Å²) in [7, 11) is 0. The van der Waals surface area contributed by atoms with Crippen molar-refractivity contribution < 1.29 is 26.8 Å². The van der Waals surface area contributed by atoms with Gasteiger partial charge in [0.1, 0.15) is 0 Å². The molecule has 6 nitrogen and oxygen atoms in total. The molecule has 3 aliphatic rings.